The molecule has 0 amide bonds. The number of rotatable bonds is 3. The van der Waals surface area contributed by atoms with E-state index in [1.54, 1.807) is 0 Å². The van der Waals surface area contributed by atoms with Gasteiger partial charge in [-0.3, -0.25) is 0 Å². The van der Waals surface area contributed by atoms with Crippen molar-refractivity contribution in [2.24, 2.45) is 5.92 Å². The fourth-order valence-electron chi connectivity index (χ4n) is 2.11. The molecule has 2 unspecified atom stereocenters. The summed E-state index contributed by atoms with van der Waals surface area (Å²) in [6.45, 7) is 5.32. The lowest BCUT2D eigenvalue weighted by Gasteiger charge is -2.04. The molecule has 0 saturated heterocycles. The van der Waals surface area contributed by atoms with Gasteiger partial charge in [-0.05, 0) is 30.9 Å². The Morgan fingerprint density at radius 1 is 1.50 bits per heavy atom. The number of nitrogens with one attached hydrogen (secondary N) is 1. The molecule has 2 aromatic rings. The van der Waals surface area contributed by atoms with Gasteiger partial charge in [0, 0.05) is 18.8 Å². The number of imidazole rings is 1. The molecular weight excluding hydrogens is 198 g/mol. The quantitative estimate of drug-likeness (QED) is 0.850. The van der Waals surface area contributed by atoms with Crippen molar-refractivity contribution < 1.29 is 0 Å². The zero-order valence-corrected chi connectivity index (χ0v) is 9.77. The van der Waals surface area contributed by atoms with Gasteiger partial charge in [0.25, 0.3) is 0 Å². The van der Waals surface area contributed by atoms with Crippen LogP contribution in [0.3, 0.4) is 0 Å². The SMILES string of the molecule is Cc1ccc2ncc(CNC3CC3C)n2c1. The van der Waals surface area contributed by atoms with Crippen LogP contribution in [0, 0.1) is 12.8 Å². The first-order chi connectivity index (χ1) is 7.74. The van der Waals surface area contributed by atoms with Crippen LogP contribution >= 0.6 is 0 Å². The molecule has 0 aromatic carbocycles. The standard InChI is InChI=1S/C13H17N3/c1-9-3-4-13-15-7-11(16(13)8-9)6-14-12-5-10(12)2/h3-4,7-8,10,12,14H,5-6H2,1-2H3. The number of fused-ring (bicyclic) bond motifs is 1. The van der Waals surface area contributed by atoms with Gasteiger partial charge in [0.15, 0.2) is 0 Å². The van der Waals surface area contributed by atoms with Crippen LogP contribution in [0.25, 0.3) is 5.65 Å². The second kappa shape index (κ2) is 3.59. The van der Waals surface area contributed by atoms with Gasteiger partial charge in [-0.25, -0.2) is 4.98 Å². The van der Waals surface area contributed by atoms with Gasteiger partial charge >= 0.3 is 0 Å². The van der Waals surface area contributed by atoms with Crippen LogP contribution in [0.15, 0.2) is 24.5 Å². The van der Waals surface area contributed by atoms with Gasteiger partial charge < -0.3 is 9.72 Å². The highest BCUT2D eigenvalue weighted by atomic mass is 15.0. The largest absolute Gasteiger partial charge is 0.308 e. The minimum atomic E-state index is 0.718. The first-order valence-electron chi connectivity index (χ1n) is 5.90. The average molecular weight is 215 g/mol. The third-order valence-electron chi connectivity index (χ3n) is 3.38. The molecule has 0 bridgehead atoms. The van der Waals surface area contributed by atoms with E-state index in [0.29, 0.717) is 0 Å². The fourth-order valence-corrected chi connectivity index (χ4v) is 2.11. The van der Waals surface area contributed by atoms with Crippen molar-refractivity contribution in [3.05, 3.63) is 35.8 Å². The number of hydrogen-bond acceptors (Lipinski definition) is 2. The first-order valence-corrected chi connectivity index (χ1v) is 5.90. The van der Waals surface area contributed by atoms with Crippen LogP contribution in [-0.2, 0) is 6.54 Å². The molecule has 84 valence electrons. The minimum absolute atomic E-state index is 0.718. The molecule has 1 aliphatic rings. The number of aromatic nitrogens is 2. The zero-order valence-electron chi connectivity index (χ0n) is 9.77. The Hall–Kier alpha value is -1.35. The topological polar surface area (TPSA) is 29.3 Å². The van der Waals surface area contributed by atoms with E-state index in [2.05, 4.69) is 46.9 Å². The first kappa shape index (κ1) is 9.85. The third-order valence-corrected chi connectivity index (χ3v) is 3.38. The average Bonchev–Trinajstić information content (AvgIpc) is 2.83. The smallest absolute Gasteiger partial charge is 0.136 e. The predicted octanol–water partition coefficient (Wildman–Crippen LogP) is 2.14. The molecule has 16 heavy (non-hydrogen) atoms. The van der Waals surface area contributed by atoms with E-state index in [9.17, 15) is 0 Å². The van der Waals surface area contributed by atoms with E-state index in [4.69, 9.17) is 0 Å². The van der Waals surface area contributed by atoms with Crippen LogP contribution in [0.2, 0.25) is 0 Å². The van der Waals surface area contributed by atoms with E-state index in [0.717, 1.165) is 24.2 Å². The summed E-state index contributed by atoms with van der Waals surface area (Å²) < 4.78 is 2.18. The molecule has 1 aliphatic carbocycles. The highest BCUT2D eigenvalue weighted by Crippen LogP contribution is 2.29. The van der Waals surface area contributed by atoms with Gasteiger partial charge in [-0.15, -0.1) is 0 Å². The van der Waals surface area contributed by atoms with Gasteiger partial charge in [0.05, 0.1) is 11.9 Å². The molecule has 0 aliphatic heterocycles. The Bertz CT molecular complexity index is 515. The zero-order chi connectivity index (χ0) is 11.1. The van der Waals surface area contributed by atoms with Crippen LogP contribution in [0.5, 0.6) is 0 Å². The Labute approximate surface area is 95.5 Å². The maximum absolute atomic E-state index is 4.40. The summed E-state index contributed by atoms with van der Waals surface area (Å²) in [5, 5.41) is 3.56. The van der Waals surface area contributed by atoms with Crippen LogP contribution < -0.4 is 5.32 Å². The highest BCUT2D eigenvalue weighted by Gasteiger charge is 2.31. The van der Waals surface area contributed by atoms with Crippen molar-refractivity contribution in [1.82, 2.24) is 14.7 Å². The summed E-state index contributed by atoms with van der Waals surface area (Å²) in [5.74, 6) is 0.848. The molecule has 1 saturated carbocycles. The van der Waals surface area contributed by atoms with Gasteiger partial charge in [0.1, 0.15) is 5.65 Å². The monoisotopic (exact) mass is 215 g/mol. The number of aryl methyl sites for hydroxylation is 1. The fraction of sp³-hybridized carbons (Fsp3) is 0.462. The Balaban J connectivity index is 1.83. The van der Waals surface area contributed by atoms with Crippen molar-refractivity contribution in [2.45, 2.75) is 32.9 Å². The van der Waals surface area contributed by atoms with Crippen molar-refractivity contribution in [2.75, 3.05) is 0 Å². The Morgan fingerprint density at radius 2 is 2.31 bits per heavy atom. The maximum Gasteiger partial charge on any atom is 0.136 e. The molecule has 1 fully saturated rings. The molecule has 2 aromatic heterocycles. The van der Waals surface area contributed by atoms with Gasteiger partial charge in [-0.1, -0.05) is 13.0 Å². The number of nitrogens with zero attached hydrogens (tertiary/aromatic N) is 2. The molecule has 3 nitrogen and oxygen atoms in total. The molecule has 3 rings (SSSR count). The maximum atomic E-state index is 4.40. The Morgan fingerprint density at radius 3 is 3.06 bits per heavy atom. The summed E-state index contributed by atoms with van der Waals surface area (Å²) in [6, 6.07) is 4.89. The number of hydrogen-bond donors (Lipinski definition) is 1. The molecule has 2 heterocycles. The molecule has 0 radical (unpaired) electrons. The van der Waals surface area contributed by atoms with Crippen molar-refractivity contribution in [3.63, 3.8) is 0 Å². The second-order valence-corrected chi connectivity index (χ2v) is 4.88. The summed E-state index contributed by atoms with van der Waals surface area (Å²) in [6.07, 6.45) is 5.43. The van der Waals surface area contributed by atoms with Crippen molar-refractivity contribution in [1.29, 1.82) is 0 Å². The van der Waals surface area contributed by atoms with Gasteiger partial charge in [0.2, 0.25) is 0 Å². The Kier molecular flexibility index (Phi) is 2.21. The van der Waals surface area contributed by atoms with E-state index in [1.807, 2.05) is 6.20 Å². The molecule has 1 N–H and O–H groups in total. The third kappa shape index (κ3) is 1.71. The highest BCUT2D eigenvalue weighted by molar-refractivity contribution is 5.41. The molecular formula is C13H17N3. The minimum Gasteiger partial charge on any atom is -0.308 e. The van der Waals surface area contributed by atoms with E-state index in [-0.39, 0.29) is 0 Å². The van der Waals surface area contributed by atoms with Crippen LogP contribution in [0.4, 0.5) is 0 Å². The summed E-state index contributed by atoms with van der Waals surface area (Å²) in [5.41, 5.74) is 3.55. The molecule has 2 atom stereocenters. The van der Waals surface area contributed by atoms with Crippen molar-refractivity contribution in [3.8, 4) is 0 Å². The van der Waals surface area contributed by atoms with Crippen LogP contribution in [-0.4, -0.2) is 15.4 Å². The second-order valence-electron chi connectivity index (χ2n) is 4.88. The summed E-state index contributed by atoms with van der Waals surface area (Å²) >= 11 is 0. The summed E-state index contributed by atoms with van der Waals surface area (Å²) in [7, 11) is 0. The lowest BCUT2D eigenvalue weighted by atomic mass is 10.3. The predicted molar refractivity (Wildman–Crippen MR) is 64.3 cm³/mol. The number of pyridine rings is 1. The van der Waals surface area contributed by atoms with Gasteiger partial charge in [-0.2, -0.15) is 0 Å². The molecule has 0 spiro atoms. The van der Waals surface area contributed by atoms with E-state index >= 15 is 0 Å². The normalized spacial score (nSPS) is 23.9. The molecule has 3 heteroatoms. The summed E-state index contributed by atoms with van der Waals surface area (Å²) in [4.78, 5) is 4.40. The lowest BCUT2D eigenvalue weighted by molar-refractivity contribution is 0.639. The lowest BCUT2D eigenvalue weighted by Crippen LogP contribution is -2.18. The van der Waals surface area contributed by atoms with Crippen LogP contribution in [0.1, 0.15) is 24.6 Å². The van der Waals surface area contributed by atoms with E-state index < -0.39 is 0 Å². The van der Waals surface area contributed by atoms with Crippen molar-refractivity contribution >= 4 is 5.65 Å². The van der Waals surface area contributed by atoms with E-state index in [1.165, 1.54) is 17.7 Å².